The number of nitrogens with zero attached hydrogens (tertiary/aromatic N) is 2. The van der Waals surface area contributed by atoms with Crippen LogP contribution in [-0.4, -0.2) is 22.2 Å². The maximum Gasteiger partial charge on any atom is 0.325 e. The molecule has 6 nitrogen and oxygen atoms in total. The van der Waals surface area contributed by atoms with Crippen LogP contribution in [0.2, 0.25) is 10.0 Å². The SMILES string of the molecule is N#Cc1cc(Cl)c(NC(=O)Nc2nc3c(s2)CC(O)C=C3)c(Cl)c1. The molecule has 0 saturated carbocycles. The quantitative estimate of drug-likeness (QED) is 0.735. The summed E-state index contributed by atoms with van der Waals surface area (Å²) in [6, 6.07) is 4.20. The van der Waals surface area contributed by atoms with Crippen LogP contribution in [0.4, 0.5) is 15.6 Å². The average molecular weight is 381 g/mol. The number of halogens is 2. The number of fused-ring (bicyclic) bond motifs is 1. The van der Waals surface area contributed by atoms with Gasteiger partial charge in [0.15, 0.2) is 5.13 Å². The number of anilines is 2. The first-order chi connectivity index (χ1) is 11.5. The normalized spacial score (nSPS) is 15.5. The Bertz CT molecular complexity index is 865. The van der Waals surface area contributed by atoms with Crippen molar-refractivity contribution < 1.29 is 9.90 Å². The molecule has 3 rings (SSSR count). The third-order valence-corrected chi connectivity index (χ3v) is 4.83. The molecule has 3 N–H and O–H groups in total. The van der Waals surface area contributed by atoms with Gasteiger partial charge in [-0.1, -0.05) is 29.3 Å². The van der Waals surface area contributed by atoms with Gasteiger partial charge in [-0.2, -0.15) is 5.26 Å². The molecule has 9 heteroatoms. The van der Waals surface area contributed by atoms with Gasteiger partial charge in [-0.3, -0.25) is 5.32 Å². The molecule has 0 fully saturated rings. The van der Waals surface area contributed by atoms with Crippen LogP contribution < -0.4 is 10.6 Å². The standard InChI is InChI=1S/C15H10Cl2N4O2S/c16-9-3-7(6-18)4-10(17)13(9)20-14(23)21-15-19-11-2-1-8(22)5-12(11)24-15/h1-4,8,22H,5H2,(H2,19,20,21,23). The number of rotatable bonds is 2. The van der Waals surface area contributed by atoms with E-state index in [1.54, 1.807) is 12.2 Å². The van der Waals surface area contributed by atoms with E-state index < -0.39 is 12.1 Å². The number of aliphatic hydroxyl groups excluding tert-OH is 1. The zero-order valence-electron chi connectivity index (χ0n) is 12.0. The van der Waals surface area contributed by atoms with Crippen molar-refractivity contribution in [1.29, 1.82) is 5.26 Å². The zero-order valence-corrected chi connectivity index (χ0v) is 14.3. The largest absolute Gasteiger partial charge is 0.389 e. The molecule has 24 heavy (non-hydrogen) atoms. The highest BCUT2D eigenvalue weighted by Crippen LogP contribution is 2.32. The minimum absolute atomic E-state index is 0.165. The van der Waals surface area contributed by atoms with Crippen LogP contribution in [0.5, 0.6) is 0 Å². The Hall–Kier alpha value is -2.11. The molecule has 0 aliphatic heterocycles. The second-order valence-electron chi connectivity index (χ2n) is 4.96. The first-order valence-corrected chi connectivity index (χ1v) is 8.36. The van der Waals surface area contributed by atoms with Crippen molar-refractivity contribution in [2.45, 2.75) is 12.5 Å². The summed E-state index contributed by atoms with van der Waals surface area (Å²) >= 11 is 13.4. The van der Waals surface area contributed by atoms with Crippen molar-refractivity contribution in [1.82, 2.24) is 4.98 Å². The highest BCUT2D eigenvalue weighted by molar-refractivity contribution is 7.16. The fourth-order valence-corrected chi connectivity index (χ4v) is 3.73. The van der Waals surface area contributed by atoms with E-state index in [1.165, 1.54) is 23.5 Å². The molecule has 2 aromatic rings. The van der Waals surface area contributed by atoms with Crippen LogP contribution in [0.3, 0.4) is 0 Å². The summed E-state index contributed by atoms with van der Waals surface area (Å²) in [6.45, 7) is 0. The Balaban J connectivity index is 1.73. The van der Waals surface area contributed by atoms with Crippen LogP contribution in [0.15, 0.2) is 18.2 Å². The molecular weight excluding hydrogens is 371 g/mol. The monoisotopic (exact) mass is 380 g/mol. The molecule has 0 bridgehead atoms. The number of aromatic nitrogens is 1. The molecule has 0 radical (unpaired) electrons. The average Bonchev–Trinajstić information content (AvgIpc) is 2.91. The first kappa shape index (κ1) is 16.7. The summed E-state index contributed by atoms with van der Waals surface area (Å²) in [5.41, 5.74) is 1.25. The first-order valence-electron chi connectivity index (χ1n) is 6.79. The third kappa shape index (κ3) is 3.52. The minimum Gasteiger partial charge on any atom is -0.389 e. The lowest BCUT2D eigenvalue weighted by Crippen LogP contribution is -2.19. The fourth-order valence-electron chi connectivity index (χ4n) is 2.15. The van der Waals surface area contributed by atoms with Gasteiger partial charge >= 0.3 is 6.03 Å². The van der Waals surface area contributed by atoms with Crippen LogP contribution in [0.1, 0.15) is 16.1 Å². The molecule has 1 atom stereocenters. The van der Waals surface area contributed by atoms with Gasteiger partial charge in [0.25, 0.3) is 0 Å². The summed E-state index contributed by atoms with van der Waals surface area (Å²) < 4.78 is 0. The topological polar surface area (TPSA) is 98.0 Å². The Morgan fingerprint density at radius 3 is 2.75 bits per heavy atom. The Morgan fingerprint density at radius 2 is 2.08 bits per heavy atom. The van der Waals surface area contributed by atoms with Crippen molar-refractivity contribution >= 4 is 57.5 Å². The van der Waals surface area contributed by atoms with E-state index in [2.05, 4.69) is 15.6 Å². The molecule has 1 aliphatic carbocycles. The van der Waals surface area contributed by atoms with Crippen molar-refractivity contribution in [2.24, 2.45) is 0 Å². The van der Waals surface area contributed by atoms with Gasteiger partial charge in [-0.15, -0.1) is 11.3 Å². The van der Waals surface area contributed by atoms with E-state index in [0.29, 0.717) is 17.1 Å². The number of carbonyl (C=O) groups is 1. The lowest BCUT2D eigenvalue weighted by molar-refractivity contribution is 0.224. The highest BCUT2D eigenvalue weighted by Gasteiger charge is 2.18. The van der Waals surface area contributed by atoms with E-state index in [-0.39, 0.29) is 15.7 Å². The van der Waals surface area contributed by atoms with Crippen molar-refractivity contribution in [3.8, 4) is 6.07 Å². The van der Waals surface area contributed by atoms with Crippen molar-refractivity contribution in [3.05, 3.63) is 44.4 Å². The highest BCUT2D eigenvalue weighted by atomic mass is 35.5. The molecule has 1 unspecified atom stereocenters. The summed E-state index contributed by atoms with van der Waals surface area (Å²) in [4.78, 5) is 17.3. The Morgan fingerprint density at radius 1 is 1.38 bits per heavy atom. The van der Waals surface area contributed by atoms with Gasteiger partial charge in [0.1, 0.15) is 0 Å². The zero-order chi connectivity index (χ0) is 17.3. The van der Waals surface area contributed by atoms with E-state index in [1.807, 2.05) is 6.07 Å². The molecule has 2 amide bonds. The number of benzene rings is 1. The Labute approximate surface area is 151 Å². The molecular formula is C15H10Cl2N4O2S. The second-order valence-corrected chi connectivity index (χ2v) is 6.86. The second kappa shape index (κ2) is 6.79. The summed E-state index contributed by atoms with van der Waals surface area (Å²) in [5, 5.41) is 24.3. The number of thiazole rings is 1. The van der Waals surface area contributed by atoms with Gasteiger partial charge in [-0.25, -0.2) is 9.78 Å². The smallest absolute Gasteiger partial charge is 0.325 e. The lowest BCUT2D eigenvalue weighted by atomic mass is 10.1. The molecule has 0 saturated heterocycles. The summed E-state index contributed by atoms with van der Waals surface area (Å²) in [5.74, 6) is 0. The molecule has 1 aromatic carbocycles. The van der Waals surface area contributed by atoms with Crippen LogP contribution in [0.25, 0.3) is 6.08 Å². The van der Waals surface area contributed by atoms with Crippen LogP contribution in [-0.2, 0) is 6.42 Å². The number of nitrogens with one attached hydrogen (secondary N) is 2. The maximum absolute atomic E-state index is 12.1. The molecule has 1 heterocycles. The van der Waals surface area contributed by atoms with Crippen LogP contribution >= 0.6 is 34.5 Å². The number of amides is 2. The van der Waals surface area contributed by atoms with Crippen molar-refractivity contribution in [2.75, 3.05) is 10.6 Å². The lowest BCUT2D eigenvalue weighted by Gasteiger charge is -2.09. The van der Waals surface area contributed by atoms with Crippen LogP contribution in [0, 0.1) is 11.3 Å². The van der Waals surface area contributed by atoms with E-state index in [9.17, 15) is 9.90 Å². The summed E-state index contributed by atoms with van der Waals surface area (Å²) in [7, 11) is 0. The van der Waals surface area contributed by atoms with E-state index >= 15 is 0 Å². The van der Waals surface area contributed by atoms with Gasteiger partial charge in [0.05, 0.1) is 39.2 Å². The van der Waals surface area contributed by atoms with E-state index in [4.69, 9.17) is 28.5 Å². The maximum atomic E-state index is 12.1. The van der Waals surface area contributed by atoms with Gasteiger partial charge in [0, 0.05) is 11.3 Å². The molecule has 0 spiro atoms. The molecule has 122 valence electrons. The van der Waals surface area contributed by atoms with Gasteiger partial charge in [0.2, 0.25) is 0 Å². The fraction of sp³-hybridized carbons (Fsp3) is 0.133. The number of urea groups is 1. The minimum atomic E-state index is -0.556. The predicted molar refractivity (Wildman–Crippen MR) is 94.7 cm³/mol. The third-order valence-electron chi connectivity index (χ3n) is 3.23. The Kier molecular flexibility index (Phi) is 4.73. The van der Waals surface area contributed by atoms with Gasteiger partial charge < -0.3 is 10.4 Å². The van der Waals surface area contributed by atoms with E-state index in [0.717, 1.165) is 10.6 Å². The number of carbonyl (C=O) groups excluding carboxylic acids is 1. The number of aliphatic hydroxyl groups is 1. The molecule has 1 aromatic heterocycles. The predicted octanol–water partition coefficient (Wildman–Crippen LogP) is 3.90. The number of nitriles is 1. The number of hydrogen-bond acceptors (Lipinski definition) is 5. The number of hydrogen-bond donors (Lipinski definition) is 3. The summed E-state index contributed by atoms with van der Waals surface area (Å²) in [6.07, 6.45) is 3.32. The van der Waals surface area contributed by atoms with Gasteiger partial charge in [-0.05, 0) is 18.2 Å². The molecule has 1 aliphatic rings. The van der Waals surface area contributed by atoms with Crippen molar-refractivity contribution in [3.63, 3.8) is 0 Å².